The number of carbonyl (C=O) groups excluding carboxylic acids is 1. The zero-order valence-electron chi connectivity index (χ0n) is 15.8. The monoisotopic (exact) mass is 388 g/mol. The highest BCUT2D eigenvalue weighted by Crippen LogP contribution is 2.14. The Morgan fingerprint density at radius 2 is 1.93 bits per heavy atom. The summed E-state index contributed by atoms with van der Waals surface area (Å²) >= 11 is 0. The van der Waals surface area contributed by atoms with E-state index in [-0.39, 0.29) is 30.1 Å². The van der Waals surface area contributed by atoms with Crippen LogP contribution in [0.5, 0.6) is 5.75 Å². The van der Waals surface area contributed by atoms with E-state index in [0.717, 1.165) is 25.9 Å². The molecular formula is C21H25FN2O4. The van der Waals surface area contributed by atoms with E-state index in [1.54, 1.807) is 18.2 Å². The Bertz CT molecular complexity index is 844. The molecule has 3 rings (SSSR count). The van der Waals surface area contributed by atoms with Gasteiger partial charge in [0.2, 0.25) is 11.2 Å². The molecule has 0 radical (unpaired) electrons. The quantitative estimate of drug-likeness (QED) is 0.790. The van der Waals surface area contributed by atoms with Crippen molar-refractivity contribution in [2.24, 2.45) is 0 Å². The number of nitrogens with one attached hydrogen (secondary N) is 1. The van der Waals surface area contributed by atoms with Crippen molar-refractivity contribution in [1.29, 1.82) is 0 Å². The van der Waals surface area contributed by atoms with E-state index in [0.29, 0.717) is 17.9 Å². The predicted molar refractivity (Wildman–Crippen MR) is 102 cm³/mol. The number of halogens is 1. The third-order valence-corrected chi connectivity index (χ3v) is 4.72. The molecule has 0 atom stereocenters. The van der Waals surface area contributed by atoms with Crippen LogP contribution in [0.25, 0.3) is 0 Å². The van der Waals surface area contributed by atoms with Gasteiger partial charge in [-0.05, 0) is 32.0 Å². The second-order valence-electron chi connectivity index (χ2n) is 6.92. The normalized spacial score (nSPS) is 15.0. The minimum Gasteiger partial charge on any atom is -0.477 e. The van der Waals surface area contributed by atoms with Crippen LogP contribution in [-0.4, -0.2) is 30.5 Å². The molecule has 0 unspecified atom stereocenters. The Hall–Kier alpha value is -2.67. The van der Waals surface area contributed by atoms with Gasteiger partial charge in [-0.2, -0.15) is 0 Å². The molecular weight excluding hydrogens is 363 g/mol. The van der Waals surface area contributed by atoms with Crippen molar-refractivity contribution < 1.29 is 18.3 Å². The summed E-state index contributed by atoms with van der Waals surface area (Å²) in [7, 11) is 0. The highest BCUT2D eigenvalue weighted by atomic mass is 19.1. The maximum atomic E-state index is 13.5. The van der Waals surface area contributed by atoms with Gasteiger partial charge in [0.05, 0.1) is 6.54 Å². The molecule has 2 heterocycles. The van der Waals surface area contributed by atoms with E-state index < -0.39 is 5.91 Å². The summed E-state index contributed by atoms with van der Waals surface area (Å²) in [4.78, 5) is 26.4. The smallest absolute Gasteiger partial charge is 0.258 e. The lowest BCUT2D eigenvalue weighted by Gasteiger charge is -2.18. The van der Waals surface area contributed by atoms with Crippen LogP contribution in [-0.2, 0) is 17.9 Å². The van der Waals surface area contributed by atoms with Crippen LogP contribution in [0.3, 0.4) is 0 Å². The number of benzene rings is 1. The van der Waals surface area contributed by atoms with Gasteiger partial charge in [-0.1, -0.05) is 31.0 Å². The van der Waals surface area contributed by atoms with Crippen LogP contribution in [0.2, 0.25) is 0 Å². The summed E-state index contributed by atoms with van der Waals surface area (Å²) in [6.45, 7) is 2.32. The second-order valence-corrected chi connectivity index (χ2v) is 6.92. The number of amides is 1. The summed E-state index contributed by atoms with van der Waals surface area (Å²) in [6.07, 6.45) is 6.05. The lowest BCUT2D eigenvalue weighted by Crippen LogP contribution is -2.29. The summed E-state index contributed by atoms with van der Waals surface area (Å²) in [6, 6.07) is 7.61. The fourth-order valence-corrected chi connectivity index (χ4v) is 3.17. The first-order chi connectivity index (χ1) is 13.6. The number of likely N-dealkylation sites (tertiary alicyclic amines) is 1. The van der Waals surface area contributed by atoms with Gasteiger partial charge in [-0.25, -0.2) is 4.39 Å². The molecule has 1 aliphatic rings. The molecule has 1 fully saturated rings. The third kappa shape index (κ3) is 5.92. The molecule has 6 nitrogen and oxygen atoms in total. The Morgan fingerprint density at radius 3 is 2.64 bits per heavy atom. The number of rotatable bonds is 7. The van der Waals surface area contributed by atoms with Crippen LogP contribution < -0.4 is 15.5 Å². The average molecular weight is 388 g/mol. The Morgan fingerprint density at radius 1 is 1.18 bits per heavy atom. The molecule has 1 N–H and O–H groups in total. The van der Waals surface area contributed by atoms with Crippen molar-refractivity contribution in [2.45, 2.75) is 38.8 Å². The largest absolute Gasteiger partial charge is 0.477 e. The number of hydrogen-bond donors (Lipinski definition) is 1. The molecule has 0 spiro atoms. The molecule has 150 valence electrons. The fraction of sp³-hybridized carbons (Fsp3) is 0.429. The molecule has 2 aromatic rings. The molecule has 1 saturated heterocycles. The average Bonchev–Trinajstić information content (AvgIpc) is 2.95. The van der Waals surface area contributed by atoms with Crippen LogP contribution in [0.1, 0.15) is 37.0 Å². The number of hydrogen-bond acceptors (Lipinski definition) is 5. The van der Waals surface area contributed by atoms with Gasteiger partial charge >= 0.3 is 0 Å². The number of nitrogens with zero attached hydrogens (tertiary/aromatic N) is 1. The fourth-order valence-electron chi connectivity index (χ4n) is 3.17. The van der Waals surface area contributed by atoms with Crippen molar-refractivity contribution in [3.8, 4) is 5.75 Å². The molecule has 1 aromatic carbocycles. The molecule has 0 bridgehead atoms. The lowest BCUT2D eigenvalue weighted by atomic mass is 10.2. The molecule has 7 heteroatoms. The maximum absolute atomic E-state index is 13.5. The van der Waals surface area contributed by atoms with E-state index in [9.17, 15) is 14.0 Å². The minimum absolute atomic E-state index is 0.0133. The molecule has 28 heavy (non-hydrogen) atoms. The van der Waals surface area contributed by atoms with Gasteiger partial charge in [0.1, 0.15) is 17.8 Å². The zero-order chi connectivity index (χ0) is 19.8. The first-order valence-corrected chi connectivity index (χ1v) is 9.59. The molecule has 0 saturated carbocycles. The summed E-state index contributed by atoms with van der Waals surface area (Å²) in [5.41, 5.74) is 0.0613. The lowest BCUT2D eigenvalue weighted by molar-refractivity contribution is -0.123. The molecule has 1 aromatic heterocycles. The molecule has 1 aliphatic heterocycles. The topological polar surface area (TPSA) is 71.8 Å². The Balaban J connectivity index is 1.48. The van der Waals surface area contributed by atoms with Crippen LogP contribution in [0, 0.1) is 5.82 Å². The van der Waals surface area contributed by atoms with Crippen molar-refractivity contribution in [3.05, 3.63) is 64.0 Å². The van der Waals surface area contributed by atoms with Gasteiger partial charge < -0.3 is 14.5 Å². The van der Waals surface area contributed by atoms with Gasteiger partial charge in [0, 0.05) is 18.2 Å². The van der Waals surface area contributed by atoms with E-state index in [1.807, 2.05) is 0 Å². The van der Waals surface area contributed by atoms with Gasteiger partial charge in [0.15, 0.2) is 6.61 Å². The van der Waals surface area contributed by atoms with Crippen LogP contribution >= 0.6 is 0 Å². The van der Waals surface area contributed by atoms with E-state index in [2.05, 4.69) is 10.2 Å². The van der Waals surface area contributed by atoms with Crippen molar-refractivity contribution in [2.75, 3.05) is 19.7 Å². The first-order valence-electron chi connectivity index (χ1n) is 9.59. The Labute approximate surface area is 163 Å². The van der Waals surface area contributed by atoms with Gasteiger partial charge in [-0.15, -0.1) is 0 Å². The van der Waals surface area contributed by atoms with Crippen molar-refractivity contribution in [3.63, 3.8) is 0 Å². The van der Waals surface area contributed by atoms with Crippen LogP contribution in [0.4, 0.5) is 4.39 Å². The van der Waals surface area contributed by atoms with Gasteiger partial charge in [0.25, 0.3) is 5.91 Å². The second kappa shape index (κ2) is 10.0. The highest BCUT2D eigenvalue weighted by molar-refractivity contribution is 5.77. The van der Waals surface area contributed by atoms with E-state index >= 15 is 0 Å². The first kappa shape index (κ1) is 20.1. The molecule has 1 amide bonds. The van der Waals surface area contributed by atoms with Gasteiger partial charge in [-0.3, -0.25) is 14.5 Å². The summed E-state index contributed by atoms with van der Waals surface area (Å²) in [5, 5.41) is 2.56. The Kier molecular flexibility index (Phi) is 7.19. The van der Waals surface area contributed by atoms with Crippen molar-refractivity contribution >= 4 is 5.91 Å². The maximum Gasteiger partial charge on any atom is 0.258 e. The third-order valence-electron chi connectivity index (χ3n) is 4.72. The molecule has 0 aliphatic carbocycles. The summed E-state index contributed by atoms with van der Waals surface area (Å²) in [5.74, 6) is -0.260. The van der Waals surface area contributed by atoms with Crippen molar-refractivity contribution in [1.82, 2.24) is 10.2 Å². The SMILES string of the molecule is O=C(COc1coc(CN2CCCCCC2)cc1=O)NCc1ccccc1F. The number of carbonyl (C=O) groups is 1. The zero-order valence-corrected chi connectivity index (χ0v) is 15.8. The predicted octanol–water partition coefficient (Wildman–Crippen LogP) is 2.85. The standard InChI is InChI=1S/C21H25FN2O4/c22-18-8-4-3-7-16(18)12-23-21(26)15-28-20-14-27-17(11-19(20)25)13-24-9-5-1-2-6-10-24/h3-4,7-8,11,14H,1-2,5-6,9-10,12-13,15H2,(H,23,26). The summed E-state index contributed by atoms with van der Waals surface area (Å²) < 4.78 is 24.3. The minimum atomic E-state index is -0.448. The van der Waals surface area contributed by atoms with E-state index in [1.165, 1.54) is 31.2 Å². The highest BCUT2D eigenvalue weighted by Gasteiger charge is 2.13. The number of ether oxygens (including phenoxy) is 1. The van der Waals surface area contributed by atoms with Crippen LogP contribution in [0.15, 0.2) is 45.8 Å². The van der Waals surface area contributed by atoms with E-state index in [4.69, 9.17) is 9.15 Å².